The maximum atomic E-state index is 15.6. The van der Waals surface area contributed by atoms with E-state index in [-0.39, 0.29) is 56.6 Å². The van der Waals surface area contributed by atoms with Crippen molar-refractivity contribution in [1.82, 2.24) is 116 Å². The van der Waals surface area contributed by atoms with E-state index in [2.05, 4.69) is 128 Å². The first-order valence-corrected chi connectivity index (χ1v) is 47.2. The number of carbonyl (C=O) groups excluding carboxylic acids is 17. The number of carboxylic acid groups (broad SMARTS) is 1. The molecule has 12 atom stereocenters. The predicted octanol–water partition coefficient (Wildman–Crippen LogP) is -4.99. The molecule has 145 heavy (non-hydrogen) atoms. The lowest BCUT2D eigenvalue weighted by molar-refractivity contribution is -0.143. The number of benzene rings is 4. The second-order valence-corrected chi connectivity index (χ2v) is 35.4. The van der Waals surface area contributed by atoms with Crippen LogP contribution < -0.4 is 95.5 Å². The fraction of sp³-hybridized carbons (Fsp3) is 0.500. The van der Waals surface area contributed by atoms with Gasteiger partial charge in [-0.2, -0.15) is 5.21 Å². The number of nitrogens with zero attached hydrogens (tertiary/aromatic N) is 4. The molecule has 1 aliphatic rings. The summed E-state index contributed by atoms with van der Waals surface area (Å²) in [6, 6.07) is 8.54. The van der Waals surface area contributed by atoms with Crippen molar-refractivity contribution in [1.29, 1.82) is 0 Å². The number of amides is 17. The van der Waals surface area contributed by atoms with Crippen molar-refractivity contribution < 1.29 is 126 Å². The molecular formula is C96H130FN23O25. The van der Waals surface area contributed by atoms with E-state index in [4.69, 9.17) is 15.2 Å². The highest BCUT2D eigenvalue weighted by Gasteiger charge is 2.44. The van der Waals surface area contributed by atoms with E-state index in [0.717, 1.165) is 80.3 Å². The fourth-order valence-corrected chi connectivity index (χ4v) is 14.8. The number of aliphatic hydroxyl groups is 4. The van der Waals surface area contributed by atoms with E-state index in [0.29, 0.717) is 67.5 Å². The largest absolute Gasteiger partial charge is 0.494 e. The quantitative estimate of drug-likeness (QED) is 0.00966. The summed E-state index contributed by atoms with van der Waals surface area (Å²) in [6.45, 7) is 6.33. The van der Waals surface area contributed by atoms with Crippen molar-refractivity contribution in [2.45, 2.75) is 230 Å². The summed E-state index contributed by atoms with van der Waals surface area (Å²) in [6.07, 6.45) is 3.03. The van der Waals surface area contributed by atoms with E-state index in [1.165, 1.54) is 38.4 Å². The highest BCUT2D eigenvalue weighted by molar-refractivity contribution is 6.06. The van der Waals surface area contributed by atoms with Crippen LogP contribution in [0, 0.1) is 36.9 Å². The monoisotopic (exact) mass is 2020 g/mol. The maximum absolute atomic E-state index is 15.6. The Labute approximate surface area is 834 Å². The van der Waals surface area contributed by atoms with Gasteiger partial charge in [-0.25, -0.2) is 9.37 Å². The van der Waals surface area contributed by atoms with Gasteiger partial charge in [-0.1, -0.05) is 102 Å². The van der Waals surface area contributed by atoms with Crippen LogP contribution in [0.3, 0.4) is 0 Å². The van der Waals surface area contributed by atoms with Gasteiger partial charge in [0.2, 0.25) is 100 Å². The number of rotatable bonds is 60. The zero-order valence-electron chi connectivity index (χ0n) is 81.8. The van der Waals surface area contributed by atoms with Gasteiger partial charge < -0.3 is 131 Å². The number of ether oxygens (including phenoxy) is 2. The van der Waals surface area contributed by atoms with Crippen LogP contribution in [0.2, 0.25) is 0 Å². The molecule has 4 aromatic carbocycles. The second kappa shape index (κ2) is 58.9. The van der Waals surface area contributed by atoms with Crippen molar-refractivity contribution in [2.24, 2.45) is 11.1 Å². The summed E-state index contributed by atoms with van der Waals surface area (Å²) >= 11 is 0. The van der Waals surface area contributed by atoms with Gasteiger partial charge in [0.25, 0.3) is 0 Å². The molecule has 7 rings (SSSR count). The molecule has 25 N–H and O–H groups in total. The van der Waals surface area contributed by atoms with Crippen molar-refractivity contribution in [3.8, 4) is 28.7 Å². The number of unbranched alkanes of at least 4 members (excludes halogenated alkanes) is 1. The van der Waals surface area contributed by atoms with Gasteiger partial charge in [0.05, 0.1) is 77.5 Å². The van der Waals surface area contributed by atoms with Crippen molar-refractivity contribution >= 4 is 106 Å². The summed E-state index contributed by atoms with van der Waals surface area (Å²) in [5.74, 6) is -13.2. The molecule has 0 aliphatic heterocycles. The predicted molar refractivity (Wildman–Crippen MR) is 515 cm³/mol. The number of primary amides is 1. The highest BCUT2D eigenvalue weighted by atomic mass is 19.1. The maximum Gasteiger partial charge on any atom is 0.305 e. The minimum atomic E-state index is -2.44. The molecule has 2 aromatic heterocycles. The Morgan fingerprint density at radius 3 is 1.77 bits per heavy atom. The number of tetrazole rings is 1. The number of carbonyl (C=O) groups is 18. The SMILES string of the molecule is CCc1cc(OCCCCNC(=O)[C@@H](CO)NC(=O)CNC(=O)CNC(=O)CNC(=O)CNC(=O)COC2C#CCCCCC2)ccc1-c1ccc(C[C@H](NC(=O)[C@H](CC(=O)O)NC(=O)[C@H](CO)NC(=O)[C@@H](NC(=O)C(C)(Cc2ccccc2F)NC(=O)[C@@H](NC(=O)CNC(=O)[C@H](Cc2nn[nH]n2)NC(=O)C(C)(C)C(=O)NCCc2cnc[nH]2)[C@@H](C)O)[C@@H](C)O)C(=O)N[C@@H](CCCc2cc(C)cc(C)c2)C(N)=O)cc1. The van der Waals surface area contributed by atoms with E-state index in [1.54, 1.807) is 36.5 Å². The number of hydrogen-bond donors (Lipinski definition) is 24. The normalized spacial score (nSPS) is 14.7. The number of imidazole rings is 1. The Balaban J connectivity index is 0.952. The van der Waals surface area contributed by atoms with Crippen LogP contribution in [0.15, 0.2) is 97.5 Å². The smallest absolute Gasteiger partial charge is 0.305 e. The van der Waals surface area contributed by atoms with Gasteiger partial charge >= 0.3 is 5.97 Å². The molecule has 6 aromatic rings. The first-order valence-electron chi connectivity index (χ1n) is 47.2. The third kappa shape index (κ3) is 39.9. The van der Waals surface area contributed by atoms with E-state index < -0.39 is 249 Å². The van der Waals surface area contributed by atoms with Gasteiger partial charge in [0.15, 0.2) is 5.82 Å². The standard InChI is InChI=1S/C96H130FN23O25/c1-9-60-40-65(144-35-18-17-33-100-86(135)72(50-121)108-78(128)48-104-76(126)46-102-75(125)45-103-77(127)47-105-80(130)52-145-64-22-13-11-10-12-14-23-64)30-31-66(60)61-28-26-58(27-29-61)39-69(87(136)109-68(84(98)133)25-19-20-59-37-54(2)36-55(3)38-59)110-88(137)71(42-81(131)132)111-89(138)73(51-122)112-90(139)82(56(4)123)115-94(143)96(8,43-62-21-15-16-24-67(62)97)116-91(140)83(57(5)124)114-79(129)49-106-85(134)70(41-74-117-119-120-118-74)113-93(142)95(6,7)92(141)101-34-32-63-44-99-53-107-63/h15-16,21,24,26-31,36-38,40,44,53,56-57,64,68-73,82-83,121-124H,9-13,17-20,22,25,32-35,39,41-43,45-52H2,1-8H3,(H2,98,133)(H,99,107)(H,100,135)(H,101,141)(H,102,125)(H,103,127)(H,104,126)(H,105,130)(H,106,134)(H,108,128)(H,109,136)(H,110,137)(H,111,138)(H,112,139)(H,113,142)(H,114,129)(H,115,143)(H,116,140)(H,131,132)(H,117,118,119,120)/t56-,57-,64?,68+,69+,70+,71+,72-,73+,82+,83+,96?/m1/s1. The number of hydrogen-bond acceptors (Lipinski definition) is 28. The molecule has 17 amide bonds. The summed E-state index contributed by atoms with van der Waals surface area (Å²) < 4.78 is 27.2. The molecule has 0 bridgehead atoms. The summed E-state index contributed by atoms with van der Waals surface area (Å²) in [5.41, 5.74) is 7.72. The number of aromatic nitrogens is 6. The lowest BCUT2D eigenvalue weighted by atomic mass is 9.90. The molecule has 49 heteroatoms. The fourth-order valence-electron chi connectivity index (χ4n) is 14.8. The van der Waals surface area contributed by atoms with Crippen LogP contribution >= 0.6 is 0 Å². The third-order valence-corrected chi connectivity index (χ3v) is 23.0. The van der Waals surface area contributed by atoms with Crippen LogP contribution in [0.5, 0.6) is 5.75 Å². The summed E-state index contributed by atoms with van der Waals surface area (Å²) in [7, 11) is 0. The highest BCUT2D eigenvalue weighted by Crippen LogP contribution is 2.30. The topological polar surface area (TPSA) is 729 Å². The second-order valence-electron chi connectivity index (χ2n) is 35.4. The van der Waals surface area contributed by atoms with Gasteiger partial charge in [0, 0.05) is 57.1 Å². The van der Waals surface area contributed by atoms with Crippen LogP contribution in [-0.2, 0) is 130 Å². The van der Waals surface area contributed by atoms with Crippen LogP contribution in [0.1, 0.15) is 151 Å². The first kappa shape index (κ1) is 117. The average Bonchev–Trinajstić information content (AvgIpc) is 1.01. The summed E-state index contributed by atoms with van der Waals surface area (Å²) in [5, 5.41) is 104. The van der Waals surface area contributed by atoms with E-state index in [1.807, 2.05) is 51.1 Å². The van der Waals surface area contributed by atoms with Crippen molar-refractivity contribution in [2.75, 3.05) is 72.2 Å². The van der Waals surface area contributed by atoms with Gasteiger partial charge in [0.1, 0.15) is 83.6 Å². The number of aliphatic hydroxyl groups excluding tert-OH is 4. The Bertz CT molecular complexity index is 5500. The zero-order valence-corrected chi connectivity index (χ0v) is 81.8. The van der Waals surface area contributed by atoms with Gasteiger partial charge in [-0.15, -0.1) is 16.1 Å². The molecule has 0 spiro atoms. The minimum absolute atomic E-state index is 0.0214. The number of aliphatic carboxylic acids is 1. The van der Waals surface area contributed by atoms with E-state index >= 15 is 4.39 Å². The number of carboxylic acids is 1. The molecule has 0 saturated heterocycles. The van der Waals surface area contributed by atoms with Gasteiger partial charge in [-0.3, -0.25) is 86.3 Å². The van der Waals surface area contributed by atoms with Crippen molar-refractivity contribution in [3.05, 3.63) is 148 Å². The van der Waals surface area contributed by atoms with Gasteiger partial charge in [-0.05, 0) is 158 Å². The number of aryl methyl sites for hydroxylation is 4. The number of nitrogens with two attached hydrogens (primary N) is 1. The Hall–Kier alpha value is -15.3. The Kier molecular flexibility index (Phi) is 47.4. The molecule has 0 fully saturated rings. The van der Waals surface area contributed by atoms with E-state index in [9.17, 15) is 112 Å². The minimum Gasteiger partial charge on any atom is -0.494 e. The van der Waals surface area contributed by atoms with Crippen LogP contribution in [-0.4, -0.2) is 307 Å². The van der Waals surface area contributed by atoms with Crippen molar-refractivity contribution in [3.63, 3.8) is 0 Å². The number of halogens is 1. The number of H-pyrrole nitrogens is 2. The third-order valence-electron chi connectivity index (χ3n) is 23.0. The molecule has 0 saturated carbocycles. The molecule has 1 aliphatic carbocycles. The number of aromatic amines is 2. The number of nitrogens with one attached hydrogen (secondary N) is 18. The van der Waals surface area contributed by atoms with Crippen LogP contribution in [0.25, 0.3) is 11.1 Å². The molecule has 786 valence electrons. The Morgan fingerprint density at radius 1 is 0.559 bits per heavy atom. The molecular weight excluding hydrogens is 1890 g/mol. The average molecular weight is 2030 g/mol. The molecule has 2 heterocycles. The summed E-state index contributed by atoms with van der Waals surface area (Å²) in [4.78, 5) is 249. The molecule has 0 radical (unpaired) electrons. The lowest BCUT2D eigenvalue weighted by Crippen LogP contribution is -2.67. The molecule has 2 unspecified atom stereocenters. The Morgan fingerprint density at radius 2 is 1.15 bits per heavy atom. The zero-order chi connectivity index (χ0) is 106. The lowest BCUT2D eigenvalue weighted by Gasteiger charge is -2.34. The first-order chi connectivity index (χ1) is 69.0. The van der Waals surface area contributed by atoms with Crippen LogP contribution in [0.4, 0.5) is 4.39 Å². The molecule has 48 nitrogen and oxygen atoms in total.